The average Bonchev–Trinajstić information content (AvgIpc) is 2.08. The van der Waals surface area contributed by atoms with Crippen molar-refractivity contribution in [1.82, 2.24) is 0 Å². The highest BCUT2D eigenvalue weighted by molar-refractivity contribution is 9.10. The van der Waals surface area contributed by atoms with Crippen LogP contribution in [0.4, 0.5) is 4.39 Å². The molecule has 3 nitrogen and oxygen atoms in total. The Balaban J connectivity index is 3.39. The van der Waals surface area contributed by atoms with Crippen LogP contribution in [-0.2, 0) is 6.54 Å². The SMILES string of the molecule is NCc1cc(Br)c(F)c(O)c1O. The van der Waals surface area contributed by atoms with Crippen molar-refractivity contribution in [3.63, 3.8) is 0 Å². The molecular formula is C7H7BrFNO2. The van der Waals surface area contributed by atoms with E-state index in [-0.39, 0.29) is 11.0 Å². The fourth-order valence-corrected chi connectivity index (χ4v) is 1.27. The van der Waals surface area contributed by atoms with Gasteiger partial charge >= 0.3 is 0 Å². The molecular weight excluding hydrogens is 229 g/mol. The second-order valence-corrected chi connectivity index (χ2v) is 3.09. The van der Waals surface area contributed by atoms with Crippen LogP contribution in [0.1, 0.15) is 5.56 Å². The van der Waals surface area contributed by atoms with E-state index in [1.165, 1.54) is 6.07 Å². The van der Waals surface area contributed by atoms with Crippen molar-refractivity contribution in [3.05, 3.63) is 21.9 Å². The summed E-state index contributed by atoms with van der Waals surface area (Å²) in [6, 6.07) is 1.32. The normalized spacial score (nSPS) is 10.2. The van der Waals surface area contributed by atoms with Crippen LogP contribution in [0.15, 0.2) is 10.5 Å². The van der Waals surface area contributed by atoms with Gasteiger partial charge in [0.2, 0.25) is 0 Å². The van der Waals surface area contributed by atoms with Crippen molar-refractivity contribution in [1.29, 1.82) is 0 Å². The van der Waals surface area contributed by atoms with Crippen molar-refractivity contribution in [2.75, 3.05) is 0 Å². The van der Waals surface area contributed by atoms with Gasteiger partial charge in [-0.05, 0) is 22.0 Å². The summed E-state index contributed by atoms with van der Waals surface area (Å²) in [5, 5.41) is 18.1. The van der Waals surface area contributed by atoms with Crippen molar-refractivity contribution in [2.45, 2.75) is 6.54 Å². The molecule has 0 aliphatic rings. The Morgan fingerprint density at radius 1 is 1.42 bits per heavy atom. The van der Waals surface area contributed by atoms with E-state index in [0.29, 0.717) is 5.56 Å². The summed E-state index contributed by atoms with van der Waals surface area (Å²) in [5.41, 5.74) is 5.52. The zero-order valence-electron chi connectivity index (χ0n) is 6.01. The summed E-state index contributed by atoms with van der Waals surface area (Å²) >= 11 is 2.87. The largest absolute Gasteiger partial charge is 0.504 e. The van der Waals surface area contributed by atoms with E-state index < -0.39 is 17.3 Å². The van der Waals surface area contributed by atoms with E-state index in [4.69, 9.17) is 15.9 Å². The Labute approximate surface area is 76.8 Å². The van der Waals surface area contributed by atoms with E-state index in [9.17, 15) is 4.39 Å². The van der Waals surface area contributed by atoms with Gasteiger partial charge in [0.1, 0.15) is 0 Å². The molecule has 0 aliphatic heterocycles. The second kappa shape index (κ2) is 3.28. The van der Waals surface area contributed by atoms with Gasteiger partial charge in [-0.15, -0.1) is 0 Å². The van der Waals surface area contributed by atoms with Crippen LogP contribution in [0.2, 0.25) is 0 Å². The van der Waals surface area contributed by atoms with Crippen molar-refractivity contribution < 1.29 is 14.6 Å². The van der Waals surface area contributed by atoms with Gasteiger partial charge < -0.3 is 15.9 Å². The maximum Gasteiger partial charge on any atom is 0.195 e. The molecule has 0 saturated carbocycles. The van der Waals surface area contributed by atoms with Gasteiger partial charge in [0.15, 0.2) is 17.3 Å². The number of hydrogen-bond donors (Lipinski definition) is 3. The Kier molecular flexibility index (Phi) is 2.54. The molecule has 4 N–H and O–H groups in total. The fraction of sp³-hybridized carbons (Fsp3) is 0.143. The van der Waals surface area contributed by atoms with Gasteiger partial charge in [-0.2, -0.15) is 0 Å². The summed E-state index contributed by atoms with van der Waals surface area (Å²) in [6.45, 7) is 0.0400. The number of halogens is 2. The number of phenolic OH excluding ortho intramolecular Hbond substituents is 2. The molecule has 1 aromatic carbocycles. The minimum absolute atomic E-state index is 0.0400. The van der Waals surface area contributed by atoms with E-state index >= 15 is 0 Å². The third-order valence-corrected chi connectivity index (χ3v) is 2.04. The lowest BCUT2D eigenvalue weighted by Gasteiger charge is -2.05. The highest BCUT2D eigenvalue weighted by Crippen LogP contribution is 2.35. The molecule has 12 heavy (non-hydrogen) atoms. The topological polar surface area (TPSA) is 66.5 Å². The van der Waals surface area contributed by atoms with Crippen LogP contribution in [0.5, 0.6) is 11.5 Å². The van der Waals surface area contributed by atoms with Gasteiger partial charge in [0, 0.05) is 12.1 Å². The van der Waals surface area contributed by atoms with Gasteiger partial charge in [0.25, 0.3) is 0 Å². The zero-order chi connectivity index (χ0) is 9.30. The molecule has 1 aromatic rings. The lowest BCUT2D eigenvalue weighted by atomic mass is 10.2. The standard InChI is InChI=1S/C7H7BrFNO2/c8-4-1-3(2-10)6(11)7(12)5(4)9/h1,11-12H,2,10H2. The molecule has 0 aliphatic carbocycles. The van der Waals surface area contributed by atoms with Gasteiger partial charge in [-0.3, -0.25) is 0 Å². The van der Waals surface area contributed by atoms with E-state index in [1.807, 2.05) is 0 Å². The number of rotatable bonds is 1. The third kappa shape index (κ3) is 1.37. The molecule has 0 saturated heterocycles. The molecule has 0 aromatic heterocycles. The van der Waals surface area contributed by atoms with Crippen LogP contribution >= 0.6 is 15.9 Å². The first-order valence-electron chi connectivity index (χ1n) is 3.16. The fourth-order valence-electron chi connectivity index (χ4n) is 0.809. The number of aromatic hydroxyl groups is 2. The molecule has 0 atom stereocenters. The Hall–Kier alpha value is -0.810. The quantitative estimate of drug-likeness (QED) is 0.646. The van der Waals surface area contributed by atoms with Crippen molar-refractivity contribution in [2.24, 2.45) is 5.73 Å². The Bertz CT molecular complexity index is 317. The van der Waals surface area contributed by atoms with Crippen molar-refractivity contribution >= 4 is 15.9 Å². The molecule has 0 heterocycles. The van der Waals surface area contributed by atoms with Crippen LogP contribution in [0.25, 0.3) is 0 Å². The molecule has 0 fully saturated rings. The lowest BCUT2D eigenvalue weighted by Crippen LogP contribution is -1.97. The van der Waals surface area contributed by atoms with E-state index in [0.717, 1.165) is 0 Å². The van der Waals surface area contributed by atoms with Gasteiger partial charge in [-0.1, -0.05) is 0 Å². The highest BCUT2D eigenvalue weighted by atomic mass is 79.9. The molecule has 1 rings (SSSR count). The number of hydrogen-bond acceptors (Lipinski definition) is 3. The number of nitrogens with two attached hydrogens (primary N) is 1. The first-order chi connectivity index (χ1) is 5.57. The molecule has 0 unspecified atom stereocenters. The van der Waals surface area contributed by atoms with E-state index in [1.54, 1.807) is 0 Å². The van der Waals surface area contributed by atoms with E-state index in [2.05, 4.69) is 15.9 Å². The highest BCUT2D eigenvalue weighted by Gasteiger charge is 2.14. The minimum Gasteiger partial charge on any atom is -0.504 e. The van der Waals surface area contributed by atoms with Crippen LogP contribution < -0.4 is 5.73 Å². The van der Waals surface area contributed by atoms with Crippen LogP contribution in [0, 0.1) is 5.82 Å². The summed E-state index contributed by atoms with van der Waals surface area (Å²) in [4.78, 5) is 0. The first kappa shape index (κ1) is 9.28. The summed E-state index contributed by atoms with van der Waals surface area (Å²) in [6.07, 6.45) is 0. The predicted octanol–water partition coefficient (Wildman–Crippen LogP) is 1.46. The smallest absolute Gasteiger partial charge is 0.195 e. The molecule has 66 valence electrons. The maximum atomic E-state index is 12.8. The average molecular weight is 236 g/mol. The lowest BCUT2D eigenvalue weighted by molar-refractivity contribution is 0.374. The molecule has 0 bridgehead atoms. The third-order valence-electron chi connectivity index (χ3n) is 1.47. The predicted molar refractivity (Wildman–Crippen MR) is 45.3 cm³/mol. The van der Waals surface area contributed by atoms with Crippen LogP contribution in [0.3, 0.4) is 0 Å². The molecule has 0 spiro atoms. The number of phenols is 2. The minimum atomic E-state index is -0.885. The van der Waals surface area contributed by atoms with Crippen LogP contribution in [-0.4, -0.2) is 10.2 Å². The molecule has 0 radical (unpaired) electrons. The summed E-state index contributed by atoms with van der Waals surface area (Å²) in [5.74, 6) is -2.16. The Morgan fingerprint density at radius 2 is 2.00 bits per heavy atom. The summed E-state index contributed by atoms with van der Waals surface area (Å²) in [7, 11) is 0. The molecule has 5 heteroatoms. The Morgan fingerprint density at radius 3 is 2.50 bits per heavy atom. The van der Waals surface area contributed by atoms with Crippen molar-refractivity contribution in [3.8, 4) is 11.5 Å². The number of benzene rings is 1. The zero-order valence-corrected chi connectivity index (χ0v) is 7.60. The molecule has 0 amide bonds. The maximum absolute atomic E-state index is 12.8. The monoisotopic (exact) mass is 235 g/mol. The second-order valence-electron chi connectivity index (χ2n) is 2.23. The van der Waals surface area contributed by atoms with Gasteiger partial charge in [0.05, 0.1) is 4.47 Å². The van der Waals surface area contributed by atoms with Gasteiger partial charge in [-0.25, -0.2) is 4.39 Å². The summed E-state index contributed by atoms with van der Waals surface area (Å²) < 4.78 is 12.9. The first-order valence-corrected chi connectivity index (χ1v) is 3.96.